The van der Waals surface area contributed by atoms with Crippen LogP contribution in [0.5, 0.6) is 0 Å². The molecule has 1 nitrogen and oxygen atoms in total. The van der Waals surface area contributed by atoms with E-state index in [0.29, 0.717) is 5.41 Å². The summed E-state index contributed by atoms with van der Waals surface area (Å²) in [5.41, 5.74) is 0.297. The predicted octanol–water partition coefficient (Wildman–Crippen LogP) is 2.18. The van der Waals surface area contributed by atoms with Crippen molar-refractivity contribution < 1.29 is 4.21 Å². The van der Waals surface area contributed by atoms with Gasteiger partial charge in [-0.05, 0) is 11.8 Å². The molecule has 0 saturated heterocycles. The zero-order chi connectivity index (χ0) is 8.20. The van der Waals surface area contributed by atoms with E-state index in [0.717, 1.165) is 17.5 Å². The second-order valence-electron chi connectivity index (χ2n) is 3.33. The minimum Gasteiger partial charge on any atom is -0.260 e. The third-order valence-corrected chi connectivity index (χ3v) is 3.73. The Morgan fingerprint density at radius 1 is 1.50 bits per heavy atom. The molecule has 0 aromatic rings. The zero-order valence-electron chi connectivity index (χ0n) is 6.82. The standard InChI is InChI=1S/C7H15BrOS/c1-7(2,6-8)4-5-10(3)9/h4-6H2,1-3H3. The van der Waals surface area contributed by atoms with Gasteiger partial charge < -0.3 is 0 Å². The van der Waals surface area contributed by atoms with E-state index in [2.05, 4.69) is 29.8 Å². The minimum absolute atomic E-state index is 0.297. The molecule has 0 aliphatic carbocycles. The molecule has 0 spiro atoms. The van der Waals surface area contributed by atoms with E-state index in [4.69, 9.17) is 0 Å². The van der Waals surface area contributed by atoms with Gasteiger partial charge in [-0.3, -0.25) is 4.21 Å². The SMILES string of the molecule is CS(=O)CCC(C)(C)CBr. The van der Waals surface area contributed by atoms with Crippen LogP contribution in [-0.4, -0.2) is 21.5 Å². The Labute approximate surface area is 74.2 Å². The van der Waals surface area contributed by atoms with E-state index >= 15 is 0 Å². The summed E-state index contributed by atoms with van der Waals surface area (Å²) in [6, 6.07) is 0. The topological polar surface area (TPSA) is 17.1 Å². The van der Waals surface area contributed by atoms with Crippen molar-refractivity contribution in [1.82, 2.24) is 0 Å². The van der Waals surface area contributed by atoms with Crippen molar-refractivity contribution >= 4 is 26.7 Å². The first kappa shape index (κ1) is 10.6. The molecule has 3 heteroatoms. The summed E-state index contributed by atoms with van der Waals surface area (Å²) in [6.45, 7) is 4.35. The van der Waals surface area contributed by atoms with Gasteiger partial charge in [0.1, 0.15) is 0 Å². The second-order valence-corrected chi connectivity index (χ2v) is 5.44. The third-order valence-electron chi connectivity index (χ3n) is 1.43. The quantitative estimate of drug-likeness (QED) is 0.673. The number of alkyl halides is 1. The van der Waals surface area contributed by atoms with Crippen molar-refractivity contribution in [3.63, 3.8) is 0 Å². The van der Waals surface area contributed by atoms with Crippen LogP contribution in [-0.2, 0) is 10.8 Å². The lowest BCUT2D eigenvalue weighted by atomic mass is 9.93. The summed E-state index contributed by atoms with van der Waals surface area (Å²) in [6.07, 6.45) is 2.78. The maximum atomic E-state index is 10.7. The van der Waals surface area contributed by atoms with Gasteiger partial charge in [-0.2, -0.15) is 0 Å². The molecule has 0 aromatic heterocycles. The zero-order valence-corrected chi connectivity index (χ0v) is 9.22. The van der Waals surface area contributed by atoms with Crippen LogP contribution in [0.3, 0.4) is 0 Å². The van der Waals surface area contributed by atoms with Crippen molar-refractivity contribution in [3.8, 4) is 0 Å². The molecule has 0 heterocycles. The van der Waals surface area contributed by atoms with Crippen LogP contribution >= 0.6 is 15.9 Å². The van der Waals surface area contributed by atoms with E-state index in [1.165, 1.54) is 0 Å². The summed E-state index contributed by atoms with van der Waals surface area (Å²) >= 11 is 3.42. The summed E-state index contributed by atoms with van der Waals surface area (Å²) < 4.78 is 10.7. The van der Waals surface area contributed by atoms with Gasteiger partial charge in [0.15, 0.2) is 0 Å². The highest BCUT2D eigenvalue weighted by Crippen LogP contribution is 2.22. The third kappa shape index (κ3) is 5.42. The van der Waals surface area contributed by atoms with Crippen LogP contribution in [0, 0.1) is 5.41 Å². The Morgan fingerprint density at radius 2 is 2.00 bits per heavy atom. The maximum absolute atomic E-state index is 10.7. The fourth-order valence-electron chi connectivity index (χ4n) is 0.487. The van der Waals surface area contributed by atoms with Crippen molar-refractivity contribution in [2.45, 2.75) is 20.3 Å². The number of hydrogen-bond acceptors (Lipinski definition) is 1. The first-order chi connectivity index (χ1) is 4.48. The van der Waals surface area contributed by atoms with Gasteiger partial charge in [0.2, 0.25) is 0 Å². The molecule has 0 saturated carbocycles. The van der Waals surface area contributed by atoms with E-state index in [1.807, 2.05) is 0 Å². The van der Waals surface area contributed by atoms with E-state index < -0.39 is 10.8 Å². The van der Waals surface area contributed by atoms with E-state index in [1.54, 1.807) is 6.26 Å². The molecular formula is C7H15BrOS. The minimum atomic E-state index is -0.634. The van der Waals surface area contributed by atoms with Gasteiger partial charge in [0.25, 0.3) is 0 Å². The molecule has 10 heavy (non-hydrogen) atoms. The van der Waals surface area contributed by atoms with Gasteiger partial charge in [-0.15, -0.1) is 0 Å². The van der Waals surface area contributed by atoms with E-state index in [-0.39, 0.29) is 0 Å². The van der Waals surface area contributed by atoms with Crippen LogP contribution in [0.15, 0.2) is 0 Å². The monoisotopic (exact) mass is 226 g/mol. The Bertz CT molecular complexity index is 123. The molecule has 0 N–H and O–H groups in total. The van der Waals surface area contributed by atoms with Gasteiger partial charge in [-0.25, -0.2) is 0 Å². The Morgan fingerprint density at radius 3 is 2.30 bits per heavy atom. The lowest BCUT2D eigenvalue weighted by molar-refractivity contribution is 0.413. The largest absolute Gasteiger partial charge is 0.260 e. The maximum Gasteiger partial charge on any atom is 0.0237 e. The average Bonchev–Trinajstić information content (AvgIpc) is 1.85. The van der Waals surface area contributed by atoms with E-state index in [9.17, 15) is 4.21 Å². The first-order valence-electron chi connectivity index (χ1n) is 3.34. The number of halogens is 1. The Balaban J connectivity index is 3.56. The van der Waals surface area contributed by atoms with Crippen LogP contribution in [0.4, 0.5) is 0 Å². The van der Waals surface area contributed by atoms with Gasteiger partial charge in [-0.1, -0.05) is 29.8 Å². The van der Waals surface area contributed by atoms with Gasteiger partial charge in [0.05, 0.1) is 0 Å². The summed E-state index contributed by atoms with van der Waals surface area (Å²) in [7, 11) is -0.634. The smallest absolute Gasteiger partial charge is 0.0237 e. The lowest BCUT2D eigenvalue weighted by Gasteiger charge is -2.20. The van der Waals surface area contributed by atoms with Crippen molar-refractivity contribution in [1.29, 1.82) is 0 Å². The molecule has 0 rings (SSSR count). The van der Waals surface area contributed by atoms with Crippen LogP contribution in [0.1, 0.15) is 20.3 Å². The normalized spacial score (nSPS) is 15.2. The highest BCUT2D eigenvalue weighted by atomic mass is 79.9. The van der Waals surface area contributed by atoms with Crippen molar-refractivity contribution in [3.05, 3.63) is 0 Å². The van der Waals surface area contributed by atoms with Gasteiger partial charge in [0, 0.05) is 28.1 Å². The van der Waals surface area contributed by atoms with Crippen LogP contribution in [0.25, 0.3) is 0 Å². The lowest BCUT2D eigenvalue weighted by Crippen LogP contribution is -2.16. The molecule has 0 radical (unpaired) electrons. The van der Waals surface area contributed by atoms with Gasteiger partial charge >= 0.3 is 0 Å². The van der Waals surface area contributed by atoms with Crippen LogP contribution in [0.2, 0.25) is 0 Å². The summed E-state index contributed by atoms with van der Waals surface area (Å²) in [5, 5.41) is 0.983. The molecule has 0 amide bonds. The van der Waals surface area contributed by atoms with Crippen molar-refractivity contribution in [2.24, 2.45) is 5.41 Å². The molecule has 0 bridgehead atoms. The molecule has 0 fully saturated rings. The van der Waals surface area contributed by atoms with Crippen LogP contribution < -0.4 is 0 Å². The summed E-state index contributed by atoms with van der Waals surface area (Å²) in [5.74, 6) is 0.818. The number of hydrogen-bond donors (Lipinski definition) is 0. The molecular weight excluding hydrogens is 212 g/mol. The molecule has 62 valence electrons. The molecule has 0 aliphatic rings. The number of rotatable bonds is 4. The summed E-state index contributed by atoms with van der Waals surface area (Å²) in [4.78, 5) is 0. The average molecular weight is 227 g/mol. The molecule has 0 aliphatic heterocycles. The molecule has 0 aromatic carbocycles. The first-order valence-corrected chi connectivity index (χ1v) is 6.19. The highest BCUT2D eigenvalue weighted by Gasteiger charge is 2.15. The molecule has 1 unspecified atom stereocenters. The Hall–Kier alpha value is 0.630. The Kier molecular flexibility index (Phi) is 4.78. The predicted molar refractivity (Wildman–Crippen MR) is 51.1 cm³/mol. The fraction of sp³-hybridized carbons (Fsp3) is 1.00. The second kappa shape index (κ2) is 4.50. The highest BCUT2D eigenvalue weighted by molar-refractivity contribution is 9.09. The molecule has 1 atom stereocenters. The van der Waals surface area contributed by atoms with Crippen molar-refractivity contribution in [2.75, 3.05) is 17.3 Å². The fourth-order valence-corrected chi connectivity index (χ4v) is 1.61.